The van der Waals surface area contributed by atoms with Gasteiger partial charge in [-0.25, -0.2) is 4.79 Å². The van der Waals surface area contributed by atoms with Gasteiger partial charge < -0.3 is 19.9 Å². The van der Waals surface area contributed by atoms with E-state index in [4.69, 9.17) is 16.3 Å². The standard InChI is InChI=1S/C23H30ClN5O4S2/c1-23(2,3)33-22(32)29-12-4-11-28(13-14-29)19(31)10-9-18(30)25-20-26-27-21(35-20)34-15-16-5-7-17(24)8-6-16/h5-8H,4,9-15H2,1-3H3,(H,25,26,30). The number of benzene rings is 1. The number of thioether (sulfide) groups is 1. The van der Waals surface area contributed by atoms with E-state index in [9.17, 15) is 14.4 Å². The number of nitrogens with zero attached hydrogens (tertiary/aromatic N) is 4. The molecule has 0 saturated carbocycles. The number of hydrogen-bond acceptors (Lipinski definition) is 8. The molecular weight excluding hydrogens is 510 g/mol. The zero-order chi connectivity index (χ0) is 25.4. The molecule has 1 aromatic heterocycles. The number of ether oxygens (including phenoxy) is 1. The van der Waals surface area contributed by atoms with Gasteiger partial charge in [0.25, 0.3) is 0 Å². The van der Waals surface area contributed by atoms with Gasteiger partial charge in [0.05, 0.1) is 0 Å². The topological polar surface area (TPSA) is 105 Å². The van der Waals surface area contributed by atoms with Crippen LogP contribution in [-0.4, -0.2) is 69.7 Å². The smallest absolute Gasteiger partial charge is 0.410 e. The number of nitrogens with one attached hydrogen (secondary N) is 1. The summed E-state index contributed by atoms with van der Waals surface area (Å²) in [4.78, 5) is 40.6. The van der Waals surface area contributed by atoms with E-state index in [2.05, 4.69) is 15.5 Å². The Labute approximate surface area is 218 Å². The third-order valence-electron chi connectivity index (χ3n) is 4.99. The monoisotopic (exact) mass is 539 g/mol. The van der Waals surface area contributed by atoms with Crippen LogP contribution < -0.4 is 5.32 Å². The third-order valence-corrected chi connectivity index (χ3v) is 7.29. The maximum absolute atomic E-state index is 12.6. The first-order chi connectivity index (χ1) is 16.6. The summed E-state index contributed by atoms with van der Waals surface area (Å²) in [7, 11) is 0. The average molecular weight is 540 g/mol. The molecule has 0 radical (unpaired) electrons. The highest BCUT2D eigenvalue weighted by Crippen LogP contribution is 2.28. The molecule has 1 saturated heterocycles. The van der Waals surface area contributed by atoms with Gasteiger partial charge in [-0.05, 0) is 44.9 Å². The second-order valence-corrected chi connectivity index (χ2v) is 11.7. The number of anilines is 1. The van der Waals surface area contributed by atoms with E-state index in [1.54, 1.807) is 9.80 Å². The van der Waals surface area contributed by atoms with Gasteiger partial charge in [-0.1, -0.05) is 46.8 Å². The van der Waals surface area contributed by atoms with E-state index in [1.165, 1.54) is 23.1 Å². The van der Waals surface area contributed by atoms with E-state index < -0.39 is 5.60 Å². The molecule has 9 nitrogen and oxygen atoms in total. The Kier molecular flexibility index (Phi) is 9.76. The molecule has 0 spiro atoms. The molecule has 2 heterocycles. The van der Waals surface area contributed by atoms with Crippen molar-refractivity contribution >= 4 is 57.7 Å². The first kappa shape index (κ1) is 27.2. The minimum Gasteiger partial charge on any atom is -0.444 e. The molecule has 1 aliphatic rings. The van der Waals surface area contributed by atoms with Crippen LogP contribution in [0.15, 0.2) is 28.6 Å². The molecule has 1 N–H and O–H groups in total. The quantitative estimate of drug-likeness (QED) is 0.402. The highest BCUT2D eigenvalue weighted by Gasteiger charge is 2.26. The van der Waals surface area contributed by atoms with Gasteiger partial charge >= 0.3 is 6.09 Å². The first-order valence-corrected chi connectivity index (χ1v) is 13.5. The van der Waals surface area contributed by atoms with Gasteiger partial charge in [0.2, 0.25) is 16.9 Å². The van der Waals surface area contributed by atoms with Crippen molar-refractivity contribution in [1.82, 2.24) is 20.0 Å². The van der Waals surface area contributed by atoms with Crippen molar-refractivity contribution in [1.29, 1.82) is 0 Å². The Morgan fingerprint density at radius 2 is 1.74 bits per heavy atom. The maximum atomic E-state index is 12.6. The minimum atomic E-state index is -0.560. The number of hydrogen-bond donors (Lipinski definition) is 1. The van der Waals surface area contributed by atoms with Crippen LogP contribution in [0, 0.1) is 0 Å². The van der Waals surface area contributed by atoms with Crippen molar-refractivity contribution in [3.63, 3.8) is 0 Å². The Balaban J connectivity index is 1.39. The summed E-state index contributed by atoms with van der Waals surface area (Å²) in [5.41, 5.74) is 0.552. The summed E-state index contributed by atoms with van der Waals surface area (Å²) in [5.74, 6) is 0.326. The SMILES string of the molecule is CC(C)(C)OC(=O)N1CCCN(C(=O)CCC(=O)Nc2nnc(SCc3ccc(Cl)cc3)s2)CC1. The minimum absolute atomic E-state index is 0.0535. The van der Waals surface area contributed by atoms with Crippen molar-refractivity contribution in [2.24, 2.45) is 0 Å². The van der Waals surface area contributed by atoms with Crippen LogP contribution in [0.25, 0.3) is 0 Å². The summed E-state index contributed by atoms with van der Waals surface area (Å²) < 4.78 is 6.16. The molecule has 1 aliphatic heterocycles. The van der Waals surface area contributed by atoms with E-state index in [0.717, 1.165) is 15.7 Å². The fourth-order valence-electron chi connectivity index (χ4n) is 3.28. The van der Waals surface area contributed by atoms with Crippen molar-refractivity contribution < 1.29 is 19.1 Å². The van der Waals surface area contributed by atoms with Gasteiger partial charge in [0, 0.05) is 49.8 Å². The van der Waals surface area contributed by atoms with Gasteiger partial charge in [0.15, 0.2) is 4.34 Å². The lowest BCUT2D eigenvalue weighted by Gasteiger charge is -2.26. The summed E-state index contributed by atoms with van der Waals surface area (Å²) in [6, 6.07) is 7.59. The Morgan fingerprint density at radius 3 is 2.46 bits per heavy atom. The van der Waals surface area contributed by atoms with Gasteiger partial charge in [-0.15, -0.1) is 10.2 Å². The molecule has 12 heteroatoms. The molecular formula is C23H30ClN5O4S2. The normalized spacial score (nSPS) is 14.4. The molecule has 1 aromatic carbocycles. The maximum Gasteiger partial charge on any atom is 0.410 e. The van der Waals surface area contributed by atoms with E-state index in [1.807, 2.05) is 45.0 Å². The van der Waals surface area contributed by atoms with E-state index in [0.29, 0.717) is 42.8 Å². The highest BCUT2D eigenvalue weighted by atomic mass is 35.5. The number of amides is 3. The van der Waals surface area contributed by atoms with Crippen molar-refractivity contribution in [3.8, 4) is 0 Å². The van der Waals surface area contributed by atoms with E-state index in [-0.39, 0.29) is 30.7 Å². The van der Waals surface area contributed by atoms with Crippen LogP contribution in [0.2, 0.25) is 5.02 Å². The van der Waals surface area contributed by atoms with Crippen LogP contribution >= 0.6 is 34.7 Å². The van der Waals surface area contributed by atoms with E-state index >= 15 is 0 Å². The summed E-state index contributed by atoms with van der Waals surface area (Å²) >= 11 is 8.72. The predicted molar refractivity (Wildman–Crippen MR) is 138 cm³/mol. The van der Waals surface area contributed by atoms with Gasteiger partial charge in [-0.2, -0.15) is 0 Å². The Bertz CT molecular complexity index is 1030. The Hall–Kier alpha value is -2.37. The number of halogens is 1. The summed E-state index contributed by atoms with van der Waals surface area (Å²) in [5, 5.41) is 11.9. The lowest BCUT2D eigenvalue weighted by atomic mass is 10.2. The molecule has 0 atom stereocenters. The van der Waals surface area contributed by atoms with Gasteiger partial charge in [-0.3, -0.25) is 9.59 Å². The lowest BCUT2D eigenvalue weighted by Crippen LogP contribution is -2.40. The molecule has 2 aromatic rings. The number of carbonyl (C=O) groups excluding carboxylic acids is 3. The first-order valence-electron chi connectivity index (χ1n) is 11.4. The fourth-order valence-corrected chi connectivity index (χ4v) is 5.13. The van der Waals surface area contributed by atoms with Crippen molar-refractivity contribution in [3.05, 3.63) is 34.9 Å². The fraction of sp³-hybridized carbons (Fsp3) is 0.522. The molecule has 3 rings (SSSR count). The molecule has 0 bridgehead atoms. The number of rotatable bonds is 7. The van der Waals surface area contributed by atoms with Crippen LogP contribution in [0.3, 0.4) is 0 Å². The molecule has 0 aliphatic carbocycles. The highest BCUT2D eigenvalue weighted by molar-refractivity contribution is 8.00. The number of aromatic nitrogens is 2. The molecule has 3 amide bonds. The lowest BCUT2D eigenvalue weighted by molar-refractivity contribution is -0.132. The summed E-state index contributed by atoms with van der Waals surface area (Å²) in [6.07, 6.45) is 0.444. The zero-order valence-electron chi connectivity index (χ0n) is 20.1. The predicted octanol–water partition coefficient (Wildman–Crippen LogP) is 4.67. The Morgan fingerprint density at radius 1 is 1.06 bits per heavy atom. The second-order valence-electron chi connectivity index (χ2n) is 9.04. The van der Waals surface area contributed by atoms with Crippen molar-refractivity contribution in [2.45, 2.75) is 55.7 Å². The molecule has 1 fully saturated rings. The van der Waals surface area contributed by atoms with Gasteiger partial charge in [0.1, 0.15) is 5.60 Å². The molecule has 0 unspecified atom stereocenters. The number of carbonyl (C=O) groups is 3. The molecule has 190 valence electrons. The van der Waals surface area contributed by atoms with Crippen LogP contribution in [0.5, 0.6) is 0 Å². The summed E-state index contributed by atoms with van der Waals surface area (Å²) in [6.45, 7) is 7.39. The zero-order valence-corrected chi connectivity index (χ0v) is 22.5. The third kappa shape index (κ3) is 9.30. The second kappa shape index (κ2) is 12.5. The van der Waals surface area contributed by atoms with Crippen LogP contribution in [0.1, 0.15) is 45.6 Å². The average Bonchev–Trinajstić information content (AvgIpc) is 3.08. The molecule has 35 heavy (non-hydrogen) atoms. The largest absolute Gasteiger partial charge is 0.444 e. The van der Waals surface area contributed by atoms with Crippen LogP contribution in [-0.2, 0) is 20.1 Å². The van der Waals surface area contributed by atoms with Crippen LogP contribution in [0.4, 0.5) is 9.93 Å². The van der Waals surface area contributed by atoms with Crippen molar-refractivity contribution in [2.75, 3.05) is 31.5 Å².